The summed E-state index contributed by atoms with van der Waals surface area (Å²) in [5.41, 5.74) is 2.40. The zero-order chi connectivity index (χ0) is 14.8. The Kier molecular flexibility index (Phi) is 5.53. The van der Waals surface area contributed by atoms with Gasteiger partial charge in [0, 0.05) is 13.1 Å². The molecule has 0 aliphatic carbocycles. The summed E-state index contributed by atoms with van der Waals surface area (Å²) in [6.45, 7) is 2.39. The lowest BCUT2D eigenvalue weighted by Gasteiger charge is -2.31. The van der Waals surface area contributed by atoms with E-state index >= 15 is 0 Å². The first-order valence-corrected chi connectivity index (χ1v) is 7.49. The van der Waals surface area contributed by atoms with Crippen LogP contribution in [0.25, 0.3) is 0 Å². The van der Waals surface area contributed by atoms with Gasteiger partial charge in [-0.15, -0.1) is 12.4 Å². The average molecular weight is 327 g/mol. The van der Waals surface area contributed by atoms with Crippen LogP contribution in [0.2, 0.25) is 0 Å². The van der Waals surface area contributed by atoms with Gasteiger partial charge < -0.3 is 19.7 Å². The Morgan fingerprint density at radius 2 is 1.91 bits per heavy atom. The van der Waals surface area contributed by atoms with E-state index in [-0.39, 0.29) is 24.4 Å². The van der Waals surface area contributed by atoms with Crippen LogP contribution in [0.15, 0.2) is 12.1 Å². The number of hydrogen-bond acceptors (Lipinski definition) is 4. The maximum atomic E-state index is 12.5. The first kappa shape index (κ1) is 16.9. The summed E-state index contributed by atoms with van der Waals surface area (Å²) >= 11 is 0. The largest absolute Gasteiger partial charge is 0.493 e. The molecule has 0 aromatic heterocycles. The molecule has 1 aromatic rings. The summed E-state index contributed by atoms with van der Waals surface area (Å²) in [7, 11) is 3.28. The first-order chi connectivity index (χ1) is 10.2. The molecule has 2 heterocycles. The molecule has 1 amide bonds. The van der Waals surface area contributed by atoms with Crippen LogP contribution >= 0.6 is 12.4 Å². The smallest absolute Gasteiger partial charge is 0.240 e. The Balaban J connectivity index is 0.00000176. The molecule has 22 heavy (non-hydrogen) atoms. The van der Waals surface area contributed by atoms with Crippen molar-refractivity contribution in [3.05, 3.63) is 23.3 Å². The van der Waals surface area contributed by atoms with Crippen molar-refractivity contribution in [2.75, 3.05) is 27.3 Å². The summed E-state index contributed by atoms with van der Waals surface area (Å²) in [5.74, 6) is 1.71. The third kappa shape index (κ3) is 3.15. The number of nitrogens with zero attached hydrogens (tertiary/aromatic N) is 1. The molecule has 0 spiro atoms. The van der Waals surface area contributed by atoms with Gasteiger partial charge in [-0.3, -0.25) is 4.79 Å². The minimum atomic E-state index is 0. The molecule has 2 aliphatic rings. The van der Waals surface area contributed by atoms with Crippen LogP contribution in [-0.4, -0.2) is 44.2 Å². The van der Waals surface area contributed by atoms with E-state index in [4.69, 9.17) is 9.47 Å². The third-order valence-corrected chi connectivity index (χ3v) is 4.39. The van der Waals surface area contributed by atoms with Crippen LogP contribution < -0.4 is 14.8 Å². The number of carbonyl (C=O) groups excluding carboxylic acids is 1. The van der Waals surface area contributed by atoms with Gasteiger partial charge in [-0.05, 0) is 49.1 Å². The predicted molar refractivity (Wildman–Crippen MR) is 86.9 cm³/mol. The Morgan fingerprint density at radius 1 is 1.23 bits per heavy atom. The number of halogens is 1. The number of hydrogen-bond donors (Lipinski definition) is 1. The molecule has 1 fully saturated rings. The number of fused-ring (bicyclic) bond motifs is 1. The van der Waals surface area contributed by atoms with Crippen molar-refractivity contribution in [3.8, 4) is 11.5 Å². The van der Waals surface area contributed by atoms with Crippen LogP contribution in [-0.2, 0) is 17.8 Å². The van der Waals surface area contributed by atoms with Gasteiger partial charge in [0.05, 0.1) is 20.3 Å². The Bertz CT molecular complexity index is 544. The number of amides is 1. The SMILES string of the molecule is COc1cc2c(cc1OC)CN(C(=O)C1CCCN1)CC2.Cl. The molecule has 3 rings (SSSR count). The molecule has 1 atom stereocenters. The molecular formula is C16H23ClN2O3. The zero-order valence-corrected chi connectivity index (χ0v) is 13.9. The Hall–Kier alpha value is -1.46. The molecule has 0 saturated carbocycles. The number of benzene rings is 1. The Labute approximate surface area is 137 Å². The molecule has 2 aliphatic heterocycles. The molecule has 1 unspecified atom stereocenters. The zero-order valence-electron chi connectivity index (χ0n) is 13.1. The van der Waals surface area contributed by atoms with E-state index < -0.39 is 0 Å². The van der Waals surface area contributed by atoms with Gasteiger partial charge in [0.2, 0.25) is 5.91 Å². The van der Waals surface area contributed by atoms with E-state index in [1.54, 1.807) is 14.2 Å². The topological polar surface area (TPSA) is 50.8 Å². The van der Waals surface area contributed by atoms with Crippen molar-refractivity contribution >= 4 is 18.3 Å². The highest BCUT2D eigenvalue weighted by molar-refractivity contribution is 5.85. The highest BCUT2D eigenvalue weighted by Crippen LogP contribution is 2.33. The number of methoxy groups -OCH3 is 2. The summed E-state index contributed by atoms with van der Waals surface area (Å²) in [4.78, 5) is 14.5. The fourth-order valence-electron chi connectivity index (χ4n) is 3.19. The van der Waals surface area contributed by atoms with Gasteiger partial charge in [-0.2, -0.15) is 0 Å². The fourth-order valence-corrected chi connectivity index (χ4v) is 3.19. The highest BCUT2D eigenvalue weighted by Gasteiger charge is 2.29. The monoisotopic (exact) mass is 326 g/mol. The lowest BCUT2D eigenvalue weighted by molar-refractivity contribution is -0.134. The quantitative estimate of drug-likeness (QED) is 0.919. The van der Waals surface area contributed by atoms with Gasteiger partial charge >= 0.3 is 0 Å². The summed E-state index contributed by atoms with van der Waals surface area (Å²) in [6.07, 6.45) is 2.91. The average Bonchev–Trinajstić information content (AvgIpc) is 3.06. The standard InChI is InChI=1S/C16H22N2O3.ClH/c1-20-14-8-11-5-7-18(10-12(11)9-15(14)21-2)16(19)13-4-3-6-17-13;/h8-9,13,17H,3-7,10H2,1-2H3;1H. The minimum absolute atomic E-state index is 0. The fraction of sp³-hybridized carbons (Fsp3) is 0.562. The normalized spacial score (nSPS) is 20.1. The van der Waals surface area contributed by atoms with Gasteiger partial charge in [0.1, 0.15) is 0 Å². The summed E-state index contributed by atoms with van der Waals surface area (Å²) in [6, 6.07) is 4.03. The molecule has 0 bridgehead atoms. The van der Waals surface area contributed by atoms with Gasteiger partial charge in [-0.25, -0.2) is 0 Å². The predicted octanol–water partition coefficient (Wildman–Crippen LogP) is 1.76. The van der Waals surface area contributed by atoms with Crippen LogP contribution in [0, 0.1) is 0 Å². The second-order valence-electron chi connectivity index (χ2n) is 5.63. The third-order valence-electron chi connectivity index (χ3n) is 4.39. The van der Waals surface area contributed by atoms with Crippen molar-refractivity contribution in [1.29, 1.82) is 0 Å². The maximum absolute atomic E-state index is 12.5. The highest BCUT2D eigenvalue weighted by atomic mass is 35.5. The van der Waals surface area contributed by atoms with E-state index in [1.165, 1.54) is 5.56 Å². The van der Waals surface area contributed by atoms with Crippen LogP contribution in [0.3, 0.4) is 0 Å². The van der Waals surface area contributed by atoms with E-state index in [0.29, 0.717) is 6.54 Å². The lowest BCUT2D eigenvalue weighted by Crippen LogP contribution is -2.45. The van der Waals surface area contributed by atoms with Crippen LogP contribution in [0.5, 0.6) is 11.5 Å². The molecular weight excluding hydrogens is 304 g/mol. The van der Waals surface area contributed by atoms with Crippen molar-refractivity contribution in [2.24, 2.45) is 0 Å². The molecule has 122 valence electrons. The lowest BCUT2D eigenvalue weighted by atomic mass is 9.98. The molecule has 1 N–H and O–H groups in total. The maximum Gasteiger partial charge on any atom is 0.240 e. The van der Waals surface area contributed by atoms with Gasteiger partial charge in [0.15, 0.2) is 11.5 Å². The molecule has 0 radical (unpaired) electrons. The second kappa shape index (κ2) is 7.20. The van der Waals surface area contributed by atoms with Gasteiger partial charge in [-0.1, -0.05) is 0 Å². The molecule has 5 nitrogen and oxygen atoms in total. The van der Waals surface area contributed by atoms with E-state index in [2.05, 4.69) is 5.32 Å². The van der Waals surface area contributed by atoms with E-state index in [9.17, 15) is 4.79 Å². The van der Waals surface area contributed by atoms with Crippen molar-refractivity contribution in [1.82, 2.24) is 10.2 Å². The summed E-state index contributed by atoms with van der Waals surface area (Å²) in [5, 5.41) is 3.28. The molecule has 6 heteroatoms. The molecule has 1 saturated heterocycles. The Morgan fingerprint density at radius 3 is 2.50 bits per heavy atom. The number of ether oxygens (including phenoxy) is 2. The van der Waals surface area contributed by atoms with Crippen molar-refractivity contribution in [3.63, 3.8) is 0 Å². The number of rotatable bonds is 3. The van der Waals surface area contributed by atoms with Crippen LogP contribution in [0.4, 0.5) is 0 Å². The van der Waals surface area contributed by atoms with E-state index in [0.717, 1.165) is 49.4 Å². The van der Waals surface area contributed by atoms with Gasteiger partial charge in [0.25, 0.3) is 0 Å². The number of carbonyl (C=O) groups is 1. The van der Waals surface area contributed by atoms with Crippen LogP contribution in [0.1, 0.15) is 24.0 Å². The molecule has 1 aromatic carbocycles. The number of nitrogens with one attached hydrogen (secondary N) is 1. The minimum Gasteiger partial charge on any atom is -0.493 e. The second-order valence-corrected chi connectivity index (χ2v) is 5.63. The van der Waals surface area contributed by atoms with Crippen molar-refractivity contribution < 1.29 is 14.3 Å². The van der Waals surface area contributed by atoms with Crippen molar-refractivity contribution in [2.45, 2.75) is 31.8 Å². The van der Waals surface area contributed by atoms with E-state index in [1.807, 2.05) is 17.0 Å². The first-order valence-electron chi connectivity index (χ1n) is 7.49. The summed E-state index contributed by atoms with van der Waals surface area (Å²) < 4.78 is 10.7.